The van der Waals surface area contributed by atoms with Crippen molar-refractivity contribution in [2.75, 3.05) is 26.2 Å². The molecule has 1 aliphatic rings. The number of aromatic amines is 4. The predicted octanol–water partition coefficient (Wildman–Crippen LogP) is -1.13. The van der Waals surface area contributed by atoms with Crippen molar-refractivity contribution in [3.8, 4) is 0 Å². The first-order valence-corrected chi connectivity index (χ1v) is 36.7. The van der Waals surface area contributed by atoms with E-state index in [1.807, 2.05) is 0 Å². The number of nitrogens with zero attached hydrogens (tertiary/aromatic N) is 4. The summed E-state index contributed by atoms with van der Waals surface area (Å²) in [6.07, 6.45) is 7.83. The maximum absolute atomic E-state index is 15.4. The van der Waals surface area contributed by atoms with Crippen molar-refractivity contribution >= 4 is 98.5 Å². The van der Waals surface area contributed by atoms with Gasteiger partial charge in [-0.2, -0.15) is 0 Å². The van der Waals surface area contributed by atoms with Gasteiger partial charge in [-0.05, 0) is 65.6 Å². The highest BCUT2D eigenvalue weighted by atomic mass is 16.3. The first-order chi connectivity index (χ1) is 54.4. The van der Waals surface area contributed by atoms with Gasteiger partial charge >= 0.3 is 0 Å². The summed E-state index contributed by atoms with van der Waals surface area (Å²) in [5.41, 5.74) is 22.7. The summed E-state index contributed by atoms with van der Waals surface area (Å²) in [4.78, 5) is 193. The minimum absolute atomic E-state index is 0.00202. The number of aliphatic hydroxyl groups is 1. The lowest BCUT2D eigenvalue weighted by molar-refractivity contribution is -0.146. The number of H-pyrrole nitrogens is 4. The van der Waals surface area contributed by atoms with Crippen LogP contribution in [-0.2, 0) is 97.8 Å². The highest BCUT2D eigenvalue weighted by molar-refractivity contribution is 6.09. The Labute approximate surface area is 647 Å². The molecule has 23 N–H and O–H groups in total. The minimum Gasteiger partial charge on any atom is -0.394 e. The van der Waals surface area contributed by atoms with Crippen LogP contribution in [0.3, 0.4) is 0 Å². The molecule has 1 aliphatic heterocycles. The van der Waals surface area contributed by atoms with E-state index in [1.165, 1.54) is 36.9 Å². The molecule has 113 heavy (non-hydrogen) atoms. The summed E-state index contributed by atoms with van der Waals surface area (Å²) in [6, 6.07) is 22.8. The van der Waals surface area contributed by atoms with Crippen LogP contribution >= 0.6 is 0 Å². The number of likely N-dealkylation sites (tertiary alicyclic amines) is 1. The van der Waals surface area contributed by atoms with Crippen molar-refractivity contribution < 1.29 is 62.6 Å². The van der Waals surface area contributed by atoms with E-state index in [2.05, 4.69) is 77.8 Å². The Morgan fingerprint density at radius 2 is 0.965 bits per heavy atom. The molecule has 0 aliphatic carbocycles. The van der Waals surface area contributed by atoms with Crippen molar-refractivity contribution in [2.24, 2.45) is 23.0 Å². The van der Waals surface area contributed by atoms with Crippen molar-refractivity contribution in [3.63, 3.8) is 0 Å². The van der Waals surface area contributed by atoms with Gasteiger partial charge in [0.15, 0.2) is 11.7 Å². The number of benzene rings is 5. The highest BCUT2D eigenvalue weighted by Gasteiger charge is 2.42. The van der Waals surface area contributed by atoms with Crippen molar-refractivity contribution in [1.29, 1.82) is 5.41 Å². The number of imidazole rings is 2. The zero-order valence-electron chi connectivity index (χ0n) is 61.8. The summed E-state index contributed by atoms with van der Waals surface area (Å²) in [5.74, 6) is -4.25. The first-order valence-electron chi connectivity index (χ1n) is 36.7. The van der Waals surface area contributed by atoms with Crippen LogP contribution in [0.15, 0.2) is 165 Å². The largest absolute Gasteiger partial charge is 0.394 e. The molecule has 0 spiro atoms. The van der Waals surface area contributed by atoms with Crippen LogP contribution in [0, 0.1) is 5.41 Å². The molecule has 592 valence electrons. The maximum atomic E-state index is 15.4. The second kappa shape index (κ2) is 39.3. The smallest absolute Gasteiger partial charge is 0.259 e. The van der Waals surface area contributed by atoms with E-state index in [4.69, 9.17) is 28.5 Å². The fourth-order valence-electron chi connectivity index (χ4n) is 13.4. The van der Waals surface area contributed by atoms with Gasteiger partial charge < -0.3 is 95.0 Å². The van der Waals surface area contributed by atoms with E-state index in [0.29, 0.717) is 72.3 Å². The molecule has 5 heterocycles. The molecule has 4 aromatic heterocycles. The molecule has 0 radical (unpaired) electrons. The lowest BCUT2D eigenvalue weighted by Crippen LogP contribution is -2.62. The molecule has 10 rings (SSSR count). The summed E-state index contributed by atoms with van der Waals surface area (Å²) >= 11 is 0. The number of carbonyl (C=O) groups excluding carboxylic acids is 12. The molecule has 35 nitrogen and oxygen atoms in total. The number of hydrogen-bond donors (Lipinski definition) is 19. The monoisotopic (exact) mass is 1540 g/mol. The van der Waals surface area contributed by atoms with Crippen LogP contribution in [0.1, 0.15) is 87.7 Å². The Hall–Kier alpha value is -13.4. The van der Waals surface area contributed by atoms with E-state index < -0.39 is 138 Å². The van der Waals surface area contributed by atoms with Gasteiger partial charge in [0.1, 0.15) is 60.9 Å². The lowest BCUT2D eigenvalue weighted by atomic mass is 9.98. The lowest BCUT2D eigenvalue weighted by Gasteiger charge is -2.31. The number of para-hydroxylation sites is 2. The van der Waals surface area contributed by atoms with Gasteiger partial charge in [-0.15, -0.1) is 0 Å². The Kier molecular flexibility index (Phi) is 28.5. The number of nitrogens with two attached hydrogens (primary N) is 4. The third kappa shape index (κ3) is 22.6. The Bertz CT molecular complexity index is 4840. The van der Waals surface area contributed by atoms with Crippen LogP contribution in [0.5, 0.6) is 0 Å². The van der Waals surface area contributed by atoms with Crippen molar-refractivity contribution in [3.05, 3.63) is 215 Å². The fraction of sp³-hybridized carbons (Fsp3) is 0.321. The second-order valence-electron chi connectivity index (χ2n) is 27.5. The van der Waals surface area contributed by atoms with Crippen LogP contribution in [0.4, 0.5) is 0 Å². The Morgan fingerprint density at radius 3 is 1.45 bits per heavy atom. The molecule has 11 amide bonds. The second-order valence-corrected chi connectivity index (χ2v) is 27.5. The van der Waals surface area contributed by atoms with Crippen LogP contribution in [0.25, 0.3) is 21.8 Å². The van der Waals surface area contributed by atoms with Gasteiger partial charge in [0.2, 0.25) is 59.1 Å². The number of ketones is 1. The molecule has 9 aromatic rings. The Balaban J connectivity index is 0.914. The molecule has 1 fully saturated rings. The number of aromatic nitrogens is 6. The molecule has 0 unspecified atom stereocenters. The van der Waals surface area contributed by atoms with E-state index in [1.54, 1.807) is 140 Å². The summed E-state index contributed by atoms with van der Waals surface area (Å²) < 4.78 is 0. The van der Waals surface area contributed by atoms with Gasteiger partial charge in [0.05, 0.1) is 19.3 Å². The first kappa shape index (κ1) is 82.1. The molecule has 1 saturated heterocycles. The number of nitrogens with one attached hydrogen (secondary N) is 14. The van der Waals surface area contributed by atoms with Gasteiger partial charge in [0, 0.05) is 134 Å². The van der Waals surface area contributed by atoms with Gasteiger partial charge in [-0.1, -0.05) is 115 Å². The molecule has 0 bridgehead atoms. The number of hydrogen-bond acceptors (Lipinski definition) is 18. The predicted molar refractivity (Wildman–Crippen MR) is 414 cm³/mol. The molecule has 9 atom stereocenters. The fourth-order valence-corrected chi connectivity index (χ4v) is 13.4. The van der Waals surface area contributed by atoms with Crippen LogP contribution < -0.4 is 70.9 Å². The van der Waals surface area contributed by atoms with Crippen LogP contribution in [0.2, 0.25) is 0 Å². The number of amides is 11. The SMILES string of the molecule is CC(=O)N[C@@H](Cc1ccc(CN)cc1)C(=O)N[C@@H](Cc1cnc[nH]1)C(=O)N[C@@H](Cc1c[nH]c2ccccc12)C(=O)N[C@@H](CO)C(=O)N[C@@H](Cc1cnc[nH]1)C(=O)N[C@H](CCCNC(=N)N)C(=O)N[C@@H](Cc1c[nH]c2ccccc12)C(=O)N[C@@H](Cc1ccc(C(=O)c2ccccc2)cc1)C(=O)N1CCC[C@H]1C(=O)N(N)CC(N)=O. The molecule has 0 saturated carbocycles. The van der Waals surface area contributed by atoms with E-state index >= 15 is 19.2 Å². The normalized spacial score (nSPS) is 14.7. The van der Waals surface area contributed by atoms with Gasteiger partial charge in [0.25, 0.3) is 5.91 Å². The zero-order chi connectivity index (χ0) is 80.7. The third-order valence-corrected chi connectivity index (χ3v) is 19.3. The number of guanidine groups is 1. The van der Waals surface area contributed by atoms with Crippen LogP contribution in [-0.4, -0.2) is 202 Å². The molecular formula is C78H92N22O13. The third-order valence-electron chi connectivity index (χ3n) is 19.3. The molecule has 5 aromatic carbocycles. The number of aliphatic hydroxyl groups excluding tert-OH is 1. The average Bonchev–Trinajstić information content (AvgIpc) is 1.72. The summed E-state index contributed by atoms with van der Waals surface area (Å²) in [6.45, 7) is -0.190. The number of rotatable bonds is 39. The Morgan fingerprint density at radius 1 is 0.531 bits per heavy atom. The highest BCUT2D eigenvalue weighted by Crippen LogP contribution is 2.25. The molecular weight excluding hydrogens is 1450 g/mol. The topological polar surface area (TPSA) is 557 Å². The number of fused-ring (bicyclic) bond motifs is 2. The number of primary amides is 1. The quantitative estimate of drug-likeness (QED) is 0.00412. The standard InChI is InChI=1S/C78H92N22O13/c1-44(102)91-59(29-45-19-21-47(35-79)22-20-45)70(106)95-63(34-53-39-85-43-90-53)74(110)94-61(32-51-37-88-57-16-8-6-14-55(51)57)72(108)98-65(41-101)75(111)96-62(33-52-38-84-42-89-52)73(109)92-58(17-9-27-86-78(81)82)69(105)93-60(31-50-36-87-56-15-7-5-13-54(50)56)71(107)97-64(76(112)99-28-10-18-66(99)77(113)100(83)40-67(80)103)30-46-23-25-49(26-24-46)68(104)48-11-3-2-4-12-48/h2-8,11-16,19-26,36-39,42-43,58-66,87-88,101H,9-10,17-18,27-35,40-41,79,83H2,1H3,(H2,80,103)(H,84,89)(H,85,90)(H,91,102)(H,92,109)(H,93,105)(H,94,110)(H,95,106)(H,96,111)(H,97,107)(H,98,108)(H4,81,82,86)/t58-,59+,60+,61+,62+,63+,64+,65+,66+/m1/s1. The molecule has 35 heteroatoms. The van der Waals surface area contributed by atoms with E-state index in [0.717, 1.165) is 5.56 Å². The average molecular weight is 1550 g/mol. The van der Waals surface area contributed by atoms with E-state index in [9.17, 15) is 43.5 Å². The van der Waals surface area contributed by atoms with E-state index in [-0.39, 0.29) is 88.9 Å². The number of carbonyl (C=O) groups is 12. The van der Waals surface area contributed by atoms with Gasteiger partial charge in [-0.3, -0.25) is 68.0 Å². The zero-order valence-corrected chi connectivity index (χ0v) is 61.8. The van der Waals surface area contributed by atoms with Crippen molar-refractivity contribution in [1.82, 2.24) is 87.7 Å². The minimum atomic E-state index is -1.85. The van der Waals surface area contributed by atoms with Gasteiger partial charge in [-0.25, -0.2) is 15.8 Å². The van der Waals surface area contributed by atoms with Crippen molar-refractivity contribution in [2.45, 2.75) is 132 Å². The summed E-state index contributed by atoms with van der Waals surface area (Å²) in [5, 5.41) is 45.2. The number of hydrazine groups is 1. The maximum Gasteiger partial charge on any atom is 0.259 e. The summed E-state index contributed by atoms with van der Waals surface area (Å²) in [7, 11) is 0.